The maximum absolute atomic E-state index is 12.6. The van der Waals surface area contributed by atoms with Gasteiger partial charge in [-0.25, -0.2) is 0 Å². The van der Waals surface area contributed by atoms with Crippen molar-refractivity contribution in [3.8, 4) is 17.6 Å². The smallest absolute Gasteiger partial charge is 0.266 e. The lowest BCUT2D eigenvalue weighted by molar-refractivity contribution is -0.112. The largest absolute Gasteiger partial charge is 0.490 e. The fourth-order valence-corrected chi connectivity index (χ4v) is 3.68. The number of anilines is 1. The molecule has 0 radical (unpaired) electrons. The molecule has 0 saturated carbocycles. The summed E-state index contributed by atoms with van der Waals surface area (Å²) in [7, 11) is 0. The first kappa shape index (κ1) is 24.7. The normalized spacial score (nSPS) is 10.9. The van der Waals surface area contributed by atoms with Crippen molar-refractivity contribution in [3.05, 3.63) is 91.9 Å². The maximum atomic E-state index is 12.6. The van der Waals surface area contributed by atoms with Gasteiger partial charge in [0.05, 0.1) is 11.1 Å². The van der Waals surface area contributed by atoms with E-state index in [0.29, 0.717) is 50.5 Å². The van der Waals surface area contributed by atoms with Crippen molar-refractivity contribution >= 4 is 56.8 Å². The molecule has 0 bridgehead atoms. The Morgan fingerprint density at radius 1 is 1.06 bits per heavy atom. The molecule has 0 fully saturated rings. The quantitative estimate of drug-likeness (QED) is 0.238. The van der Waals surface area contributed by atoms with Gasteiger partial charge in [0.25, 0.3) is 5.91 Å². The standard InChI is InChI=1S/C25H19BrCl2N2O3/c1-2-32-23-13-17(11-18(14-29)25(31)30-21-9-7-20(28)8-10-21)12-22(26)24(23)33-15-16-3-5-19(27)6-4-16/h3-13H,2,15H2,1H3,(H,30,31)/b18-11-. The number of nitrogens with one attached hydrogen (secondary N) is 1. The Labute approximate surface area is 210 Å². The van der Waals surface area contributed by atoms with Gasteiger partial charge < -0.3 is 14.8 Å². The molecule has 0 heterocycles. The summed E-state index contributed by atoms with van der Waals surface area (Å²) in [5.74, 6) is 0.479. The molecule has 3 aromatic rings. The molecular formula is C25H19BrCl2N2O3. The zero-order valence-electron chi connectivity index (χ0n) is 17.6. The molecule has 0 atom stereocenters. The van der Waals surface area contributed by atoms with Crippen LogP contribution in [0.1, 0.15) is 18.1 Å². The van der Waals surface area contributed by atoms with Crippen molar-refractivity contribution in [1.82, 2.24) is 0 Å². The molecule has 5 nitrogen and oxygen atoms in total. The third-order valence-corrected chi connectivity index (χ3v) is 5.50. The Bertz CT molecular complexity index is 1200. The number of hydrogen-bond donors (Lipinski definition) is 1. The van der Waals surface area contributed by atoms with Crippen LogP contribution in [0.25, 0.3) is 6.08 Å². The molecule has 168 valence electrons. The predicted octanol–water partition coefficient (Wildman–Crippen LogP) is 7.28. The lowest BCUT2D eigenvalue weighted by Gasteiger charge is -2.15. The van der Waals surface area contributed by atoms with Gasteiger partial charge >= 0.3 is 0 Å². The zero-order chi connectivity index (χ0) is 23.8. The van der Waals surface area contributed by atoms with Crippen LogP contribution in [0.4, 0.5) is 5.69 Å². The van der Waals surface area contributed by atoms with Gasteiger partial charge in [-0.05, 0) is 88.6 Å². The van der Waals surface area contributed by atoms with E-state index in [1.165, 1.54) is 6.08 Å². The number of halogens is 3. The summed E-state index contributed by atoms with van der Waals surface area (Å²) in [5, 5.41) is 13.4. The molecule has 0 aliphatic rings. The molecule has 0 aliphatic carbocycles. The lowest BCUT2D eigenvalue weighted by atomic mass is 10.1. The summed E-state index contributed by atoms with van der Waals surface area (Å²) in [6.45, 7) is 2.59. The van der Waals surface area contributed by atoms with Crippen LogP contribution in [0.5, 0.6) is 11.5 Å². The minimum absolute atomic E-state index is 0.0610. The Morgan fingerprint density at radius 2 is 1.70 bits per heavy atom. The number of nitrogens with zero attached hydrogens (tertiary/aromatic N) is 1. The van der Waals surface area contributed by atoms with Crippen LogP contribution in [0.2, 0.25) is 10.0 Å². The van der Waals surface area contributed by atoms with Crippen molar-refractivity contribution in [2.75, 3.05) is 11.9 Å². The molecule has 33 heavy (non-hydrogen) atoms. The highest BCUT2D eigenvalue weighted by molar-refractivity contribution is 9.10. The van der Waals surface area contributed by atoms with E-state index in [1.807, 2.05) is 25.1 Å². The Morgan fingerprint density at radius 3 is 2.30 bits per heavy atom. The molecule has 0 aliphatic heterocycles. The van der Waals surface area contributed by atoms with Gasteiger partial charge in [-0.15, -0.1) is 0 Å². The van der Waals surface area contributed by atoms with Gasteiger partial charge in [-0.3, -0.25) is 4.79 Å². The molecule has 0 unspecified atom stereocenters. The second-order valence-corrected chi connectivity index (χ2v) is 8.54. The third kappa shape index (κ3) is 7.00. The van der Waals surface area contributed by atoms with E-state index in [2.05, 4.69) is 21.2 Å². The SMILES string of the molecule is CCOc1cc(/C=C(/C#N)C(=O)Nc2ccc(Cl)cc2)cc(Br)c1OCc1ccc(Cl)cc1. The van der Waals surface area contributed by atoms with Crippen molar-refractivity contribution in [3.63, 3.8) is 0 Å². The molecule has 3 aromatic carbocycles. The topological polar surface area (TPSA) is 71.3 Å². The van der Waals surface area contributed by atoms with Crippen LogP contribution in [0.3, 0.4) is 0 Å². The molecule has 0 spiro atoms. The van der Waals surface area contributed by atoms with Crippen molar-refractivity contribution in [2.24, 2.45) is 0 Å². The van der Waals surface area contributed by atoms with Gasteiger partial charge in [0.2, 0.25) is 0 Å². The van der Waals surface area contributed by atoms with Gasteiger partial charge in [0.15, 0.2) is 11.5 Å². The molecule has 1 amide bonds. The van der Waals surface area contributed by atoms with Gasteiger partial charge in [-0.2, -0.15) is 5.26 Å². The first-order valence-corrected chi connectivity index (χ1v) is 11.5. The number of ether oxygens (including phenoxy) is 2. The second kappa shape index (κ2) is 11.8. The summed E-state index contributed by atoms with van der Waals surface area (Å²) >= 11 is 15.3. The summed E-state index contributed by atoms with van der Waals surface area (Å²) < 4.78 is 12.4. The van der Waals surface area contributed by atoms with E-state index in [0.717, 1.165) is 5.56 Å². The molecule has 0 aromatic heterocycles. The van der Waals surface area contributed by atoms with Crippen molar-refractivity contribution < 1.29 is 14.3 Å². The van der Waals surface area contributed by atoms with E-state index in [-0.39, 0.29) is 5.57 Å². The monoisotopic (exact) mass is 544 g/mol. The van der Waals surface area contributed by atoms with Gasteiger partial charge in [-0.1, -0.05) is 35.3 Å². The Balaban J connectivity index is 1.83. The number of carbonyl (C=O) groups excluding carboxylic acids is 1. The number of benzene rings is 3. The average Bonchev–Trinajstić information content (AvgIpc) is 2.79. The molecule has 8 heteroatoms. The van der Waals surface area contributed by atoms with Crippen LogP contribution in [-0.4, -0.2) is 12.5 Å². The first-order chi connectivity index (χ1) is 15.9. The Kier molecular flexibility index (Phi) is 8.79. The van der Waals surface area contributed by atoms with Crippen LogP contribution in [-0.2, 0) is 11.4 Å². The molecule has 1 N–H and O–H groups in total. The molecule has 3 rings (SSSR count). The highest BCUT2D eigenvalue weighted by Gasteiger charge is 2.15. The Hall–Kier alpha value is -2.98. The van der Waals surface area contributed by atoms with E-state index in [9.17, 15) is 10.1 Å². The van der Waals surface area contributed by atoms with E-state index >= 15 is 0 Å². The fraction of sp³-hybridized carbons (Fsp3) is 0.120. The van der Waals surface area contributed by atoms with Crippen molar-refractivity contribution in [1.29, 1.82) is 5.26 Å². The summed E-state index contributed by atoms with van der Waals surface area (Å²) in [6, 6.07) is 19.4. The van der Waals surface area contributed by atoms with Gasteiger partial charge in [0.1, 0.15) is 18.2 Å². The summed E-state index contributed by atoms with van der Waals surface area (Å²) in [4.78, 5) is 12.6. The van der Waals surface area contributed by atoms with Crippen LogP contribution in [0.15, 0.2) is 70.7 Å². The minimum Gasteiger partial charge on any atom is -0.490 e. The van der Waals surface area contributed by atoms with Gasteiger partial charge in [0, 0.05) is 15.7 Å². The van der Waals surface area contributed by atoms with E-state index in [1.54, 1.807) is 48.5 Å². The van der Waals surface area contributed by atoms with Crippen LogP contribution < -0.4 is 14.8 Å². The van der Waals surface area contributed by atoms with Crippen LogP contribution in [0, 0.1) is 11.3 Å². The number of nitriles is 1. The second-order valence-electron chi connectivity index (χ2n) is 6.81. The van der Waals surface area contributed by atoms with Crippen LogP contribution >= 0.6 is 39.1 Å². The van der Waals surface area contributed by atoms with Crippen molar-refractivity contribution in [2.45, 2.75) is 13.5 Å². The third-order valence-electron chi connectivity index (χ3n) is 4.41. The number of rotatable bonds is 8. The zero-order valence-corrected chi connectivity index (χ0v) is 20.7. The summed E-state index contributed by atoms with van der Waals surface area (Å²) in [6.07, 6.45) is 1.49. The highest BCUT2D eigenvalue weighted by Crippen LogP contribution is 2.38. The number of amides is 1. The predicted molar refractivity (Wildman–Crippen MR) is 135 cm³/mol. The maximum Gasteiger partial charge on any atom is 0.266 e. The number of hydrogen-bond acceptors (Lipinski definition) is 4. The molecular weight excluding hydrogens is 527 g/mol. The number of carbonyl (C=O) groups is 1. The minimum atomic E-state index is -0.531. The average molecular weight is 546 g/mol. The molecule has 0 saturated heterocycles. The highest BCUT2D eigenvalue weighted by atomic mass is 79.9. The fourth-order valence-electron chi connectivity index (χ4n) is 2.86. The van der Waals surface area contributed by atoms with E-state index < -0.39 is 5.91 Å². The lowest BCUT2D eigenvalue weighted by Crippen LogP contribution is -2.13. The van der Waals surface area contributed by atoms with E-state index in [4.69, 9.17) is 32.7 Å². The summed E-state index contributed by atoms with van der Waals surface area (Å²) in [5.41, 5.74) is 2.03. The first-order valence-electron chi connectivity index (χ1n) is 9.92.